The largest absolute Gasteiger partial charge is 0.324 e. The van der Waals surface area contributed by atoms with Gasteiger partial charge in [0.25, 0.3) is 0 Å². The molecule has 1 aromatic carbocycles. The van der Waals surface area contributed by atoms with E-state index in [-0.39, 0.29) is 23.0 Å². The number of nitrogens with one attached hydrogen (secondary N) is 1. The third-order valence-corrected chi connectivity index (χ3v) is 9.54. The average Bonchev–Trinajstić information content (AvgIpc) is 3.59. The number of allylic oxidation sites excluding steroid dienone is 1. The summed E-state index contributed by atoms with van der Waals surface area (Å²) in [6, 6.07) is 4.97. The van der Waals surface area contributed by atoms with Crippen LogP contribution < -0.4 is 5.32 Å². The summed E-state index contributed by atoms with van der Waals surface area (Å²) in [5.74, 6) is 0.210. The molecule has 4 heterocycles. The first-order valence-corrected chi connectivity index (χ1v) is 14.7. The number of hydrogen-bond acceptors (Lipinski definition) is 7. The predicted octanol–water partition coefficient (Wildman–Crippen LogP) is 6.80. The summed E-state index contributed by atoms with van der Waals surface area (Å²) in [5.41, 5.74) is 6.72. The van der Waals surface area contributed by atoms with Crippen LogP contribution in [0.5, 0.6) is 0 Å². The highest BCUT2D eigenvalue weighted by Crippen LogP contribution is 2.55. The number of carbonyl (C=O) groups excluding carboxylic acids is 1. The third-order valence-electron chi connectivity index (χ3n) is 6.80. The molecule has 0 saturated heterocycles. The number of unbranched alkanes of at least 4 members (excludes halogenated alkanes) is 1. The van der Waals surface area contributed by atoms with Crippen LogP contribution in [0.2, 0.25) is 10.0 Å². The fourth-order valence-corrected chi connectivity index (χ4v) is 7.72. The Morgan fingerprint density at radius 1 is 1.28 bits per heavy atom. The van der Waals surface area contributed by atoms with Crippen LogP contribution >= 0.6 is 46.7 Å². The molecule has 2 unspecified atom stereocenters. The second-order valence-corrected chi connectivity index (χ2v) is 12.0. The second kappa shape index (κ2) is 10.0. The first-order chi connectivity index (χ1) is 17.5. The van der Waals surface area contributed by atoms with Crippen molar-refractivity contribution in [2.24, 2.45) is 4.99 Å². The summed E-state index contributed by atoms with van der Waals surface area (Å²) in [4.78, 5) is 23.7. The number of halogens is 2. The minimum atomic E-state index is -0.190. The number of anilines is 1. The molecule has 0 spiro atoms. The maximum Gasteiger partial charge on any atom is 0.234 e. The number of hydrogen-bond donors (Lipinski definition) is 1. The van der Waals surface area contributed by atoms with Crippen molar-refractivity contribution >= 4 is 69.7 Å². The molecule has 11 heteroatoms. The molecule has 36 heavy (non-hydrogen) atoms. The molecule has 0 saturated carbocycles. The number of aromatic nitrogens is 4. The van der Waals surface area contributed by atoms with E-state index in [9.17, 15) is 4.79 Å². The van der Waals surface area contributed by atoms with Gasteiger partial charge in [-0.1, -0.05) is 65.6 Å². The Kier molecular flexibility index (Phi) is 6.75. The monoisotopic (exact) mass is 558 g/mol. The second-order valence-electron chi connectivity index (χ2n) is 9.12. The first-order valence-electron chi connectivity index (χ1n) is 12.1. The highest BCUT2D eigenvalue weighted by molar-refractivity contribution is 8.00. The number of dihydropyridines is 1. The quantitative estimate of drug-likeness (QED) is 0.321. The van der Waals surface area contributed by atoms with Gasteiger partial charge in [-0.05, 0) is 55.9 Å². The van der Waals surface area contributed by atoms with E-state index in [1.807, 2.05) is 4.40 Å². The minimum absolute atomic E-state index is 0.130. The van der Waals surface area contributed by atoms with E-state index in [4.69, 9.17) is 33.2 Å². The van der Waals surface area contributed by atoms with Gasteiger partial charge in [-0.3, -0.25) is 14.2 Å². The molecule has 3 aromatic rings. The van der Waals surface area contributed by atoms with Crippen molar-refractivity contribution in [3.05, 3.63) is 51.4 Å². The number of fused-ring (bicyclic) bond motifs is 6. The number of rotatable bonds is 7. The van der Waals surface area contributed by atoms with Crippen molar-refractivity contribution in [3.63, 3.8) is 0 Å². The molecule has 3 aliphatic rings. The van der Waals surface area contributed by atoms with Gasteiger partial charge in [-0.15, -0.1) is 10.2 Å². The van der Waals surface area contributed by atoms with Gasteiger partial charge in [0.1, 0.15) is 11.7 Å². The van der Waals surface area contributed by atoms with Crippen LogP contribution in [-0.4, -0.2) is 42.3 Å². The number of benzene rings is 1. The van der Waals surface area contributed by atoms with Gasteiger partial charge in [0, 0.05) is 10.7 Å². The molecule has 7 nitrogen and oxygen atoms in total. The molecule has 1 aliphatic carbocycles. The average molecular weight is 560 g/mol. The maximum absolute atomic E-state index is 12.5. The van der Waals surface area contributed by atoms with E-state index in [0.717, 1.165) is 35.5 Å². The van der Waals surface area contributed by atoms with Gasteiger partial charge in [0.05, 0.1) is 33.0 Å². The van der Waals surface area contributed by atoms with Crippen LogP contribution in [0.25, 0.3) is 5.65 Å². The zero-order chi connectivity index (χ0) is 24.8. The SMILES string of the molecule is CCCCC1=NC2Sc3c(ncn4c(SCC(=O)Nc5ccc(Cl)cc5Cl)nnc34)C2C2=C1CCC2. The van der Waals surface area contributed by atoms with E-state index in [1.165, 1.54) is 47.9 Å². The number of thioether (sulfide) groups is 2. The molecule has 0 bridgehead atoms. The van der Waals surface area contributed by atoms with E-state index in [2.05, 4.69) is 22.4 Å². The molecular weight excluding hydrogens is 535 g/mol. The van der Waals surface area contributed by atoms with Gasteiger partial charge in [-0.2, -0.15) is 0 Å². The zero-order valence-electron chi connectivity index (χ0n) is 19.6. The molecule has 2 atom stereocenters. The fraction of sp³-hybridized carbons (Fsp3) is 0.400. The van der Waals surface area contributed by atoms with Crippen LogP contribution in [0.4, 0.5) is 5.69 Å². The van der Waals surface area contributed by atoms with E-state index in [0.29, 0.717) is 20.9 Å². The van der Waals surface area contributed by atoms with Gasteiger partial charge in [0.15, 0.2) is 10.8 Å². The zero-order valence-corrected chi connectivity index (χ0v) is 22.8. The molecular formula is C25H24Cl2N6OS2. The fourth-order valence-electron chi connectivity index (χ4n) is 5.16. The smallest absolute Gasteiger partial charge is 0.234 e. The lowest BCUT2D eigenvalue weighted by atomic mass is 9.87. The maximum atomic E-state index is 12.5. The molecule has 186 valence electrons. The number of aliphatic imine (C=N–C) groups is 1. The number of carbonyl (C=O) groups is 1. The Labute approximate surface area is 227 Å². The summed E-state index contributed by atoms with van der Waals surface area (Å²) in [5, 5.41) is 13.3. The van der Waals surface area contributed by atoms with Crippen LogP contribution in [-0.2, 0) is 4.79 Å². The van der Waals surface area contributed by atoms with Crippen LogP contribution in [0.3, 0.4) is 0 Å². The summed E-state index contributed by atoms with van der Waals surface area (Å²) >= 11 is 15.2. The Morgan fingerprint density at radius 2 is 2.17 bits per heavy atom. The molecule has 2 aliphatic heterocycles. The van der Waals surface area contributed by atoms with Crippen molar-refractivity contribution in [2.75, 3.05) is 11.1 Å². The lowest BCUT2D eigenvalue weighted by Gasteiger charge is -2.26. The van der Waals surface area contributed by atoms with Crippen LogP contribution in [0.15, 0.2) is 50.7 Å². The Hall–Kier alpha value is -2.07. The summed E-state index contributed by atoms with van der Waals surface area (Å²) in [6.07, 6.45) is 8.68. The van der Waals surface area contributed by atoms with Gasteiger partial charge in [0.2, 0.25) is 5.91 Å². The van der Waals surface area contributed by atoms with Gasteiger partial charge in [-0.25, -0.2) is 4.98 Å². The van der Waals surface area contributed by atoms with Crippen LogP contribution in [0, 0.1) is 0 Å². The molecule has 0 radical (unpaired) electrons. The highest BCUT2D eigenvalue weighted by atomic mass is 35.5. The van der Waals surface area contributed by atoms with Crippen molar-refractivity contribution in [1.82, 2.24) is 19.6 Å². The lowest BCUT2D eigenvalue weighted by Crippen LogP contribution is -2.21. The highest BCUT2D eigenvalue weighted by Gasteiger charge is 2.44. The van der Waals surface area contributed by atoms with E-state index < -0.39 is 0 Å². The summed E-state index contributed by atoms with van der Waals surface area (Å²) in [6.45, 7) is 2.23. The Balaban J connectivity index is 1.22. The van der Waals surface area contributed by atoms with Crippen molar-refractivity contribution in [1.29, 1.82) is 0 Å². The van der Waals surface area contributed by atoms with E-state index in [1.54, 1.807) is 36.3 Å². The van der Waals surface area contributed by atoms with Crippen molar-refractivity contribution < 1.29 is 4.79 Å². The number of amides is 1. The topological polar surface area (TPSA) is 84.5 Å². The van der Waals surface area contributed by atoms with Gasteiger partial charge < -0.3 is 5.32 Å². The van der Waals surface area contributed by atoms with Crippen molar-refractivity contribution in [2.45, 2.75) is 66.8 Å². The van der Waals surface area contributed by atoms with E-state index >= 15 is 0 Å². The predicted molar refractivity (Wildman–Crippen MR) is 147 cm³/mol. The normalized spacial score (nSPS) is 20.4. The lowest BCUT2D eigenvalue weighted by molar-refractivity contribution is -0.113. The molecule has 0 fully saturated rings. The van der Waals surface area contributed by atoms with Crippen LogP contribution in [0.1, 0.15) is 57.1 Å². The molecule has 1 amide bonds. The molecule has 1 N–H and O–H groups in total. The van der Waals surface area contributed by atoms with Gasteiger partial charge >= 0.3 is 0 Å². The summed E-state index contributed by atoms with van der Waals surface area (Å²) < 4.78 is 1.88. The Morgan fingerprint density at radius 3 is 3.00 bits per heavy atom. The first kappa shape index (κ1) is 24.3. The standard InChI is InChI=1S/C25H24Cl2N6OS2/c1-2-3-7-17-14-5-4-6-15(14)20-21-22(36-24(20)30-17)23-31-32-25(33(23)12-28-21)35-11-19(34)29-18-9-8-13(26)10-16(18)27/h8-10,12,20,24H,2-7,11H2,1H3,(H,29,34). The third kappa shape index (κ3) is 4.34. The molecule has 6 rings (SSSR count). The Bertz CT molecular complexity index is 1440. The number of nitrogens with zero attached hydrogens (tertiary/aromatic N) is 5. The summed E-state index contributed by atoms with van der Waals surface area (Å²) in [7, 11) is 0. The minimum Gasteiger partial charge on any atom is -0.324 e. The van der Waals surface area contributed by atoms with Crippen molar-refractivity contribution in [3.8, 4) is 0 Å². The molecule has 2 aromatic heterocycles.